The SMILES string of the molecule is COc1ccc2nc(N3C(=O)C(=O)/C(=C(/O)c4nc5c(C)cccn5c4C)C3c3ccc(OC)c(OC)c3)sc2c1. The van der Waals surface area contributed by atoms with Crippen LogP contribution in [0.15, 0.2) is 60.3 Å². The molecule has 1 atom stereocenters. The molecule has 1 unspecified atom stereocenters. The molecule has 41 heavy (non-hydrogen) atoms. The second-order valence-electron chi connectivity index (χ2n) is 9.54. The van der Waals surface area contributed by atoms with Crippen LogP contribution in [0.2, 0.25) is 0 Å². The van der Waals surface area contributed by atoms with E-state index >= 15 is 0 Å². The van der Waals surface area contributed by atoms with Crippen LogP contribution < -0.4 is 19.1 Å². The summed E-state index contributed by atoms with van der Waals surface area (Å²) in [6.45, 7) is 3.72. The van der Waals surface area contributed by atoms with Crippen LogP contribution in [0.5, 0.6) is 17.2 Å². The van der Waals surface area contributed by atoms with Gasteiger partial charge < -0.3 is 23.7 Å². The van der Waals surface area contributed by atoms with Crippen molar-refractivity contribution in [2.75, 3.05) is 26.2 Å². The van der Waals surface area contributed by atoms with Gasteiger partial charge in [0.2, 0.25) is 0 Å². The molecule has 1 fully saturated rings. The first-order valence-electron chi connectivity index (χ1n) is 12.7. The number of methoxy groups -OCH3 is 3. The van der Waals surface area contributed by atoms with Crippen LogP contribution >= 0.6 is 11.3 Å². The maximum absolute atomic E-state index is 13.7. The Hall–Kier alpha value is -4.90. The molecule has 3 aromatic heterocycles. The minimum absolute atomic E-state index is 0.0942. The average Bonchev–Trinajstić information content (AvgIpc) is 3.64. The summed E-state index contributed by atoms with van der Waals surface area (Å²) in [6.07, 6.45) is 1.83. The van der Waals surface area contributed by atoms with Crippen molar-refractivity contribution in [2.24, 2.45) is 0 Å². The number of hydrogen-bond acceptors (Lipinski definition) is 9. The molecule has 1 aliphatic heterocycles. The molecular formula is C30H26N4O6S. The lowest BCUT2D eigenvalue weighted by molar-refractivity contribution is -0.132. The van der Waals surface area contributed by atoms with Crippen LogP contribution in [-0.4, -0.2) is 52.5 Å². The Labute approximate surface area is 239 Å². The number of amides is 1. The molecule has 2 aromatic carbocycles. The third kappa shape index (κ3) is 4.08. The standard InChI is InChI=1S/C30H26N4O6S/c1-15-7-6-12-33-16(2)24(32-28(15)33)26(35)23-25(17-8-11-20(39-4)21(13-17)40-5)34(29(37)27(23)36)30-31-19-10-9-18(38-3)14-22(19)41-30/h6-14,25,35H,1-5H3/b26-23+. The molecule has 1 aliphatic rings. The number of Topliss-reactive ketones (excluding diaryl/α,β-unsaturated/α-hetero) is 1. The molecule has 0 spiro atoms. The van der Waals surface area contributed by atoms with E-state index in [2.05, 4.69) is 9.97 Å². The van der Waals surface area contributed by atoms with Gasteiger partial charge in [-0.3, -0.25) is 14.5 Å². The molecule has 4 heterocycles. The van der Waals surface area contributed by atoms with Crippen LogP contribution in [0.4, 0.5) is 5.13 Å². The van der Waals surface area contributed by atoms with Crippen molar-refractivity contribution < 1.29 is 28.9 Å². The largest absolute Gasteiger partial charge is 0.505 e. The zero-order valence-corrected chi connectivity index (χ0v) is 23.8. The zero-order valence-electron chi connectivity index (χ0n) is 23.0. The maximum atomic E-state index is 13.7. The van der Waals surface area contributed by atoms with E-state index in [1.807, 2.05) is 35.7 Å². The average molecular weight is 571 g/mol. The first kappa shape index (κ1) is 26.3. The summed E-state index contributed by atoms with van der Waals surface area (Å²) in [5.41, 5.74) is 3.47. The molecule has 5 aromatic rings. The van der Waals surface area contributed by atoms with Gasteiger partial charge in [0, 0.05) is 6.20 Å². The van der Waals surface area contributed by atoms with Gasteiger partial charge in [0.15, 0.2) is 22.4 Å². The van der Waals surface area contributed by atoms with Gasteiger partial charge in [-0.25, -0.2) is 9.97 Å². The van der Waals surface area contributed by atoms with Crippen molar-refractivity contribution in [1.82, 2.24) is 14.4 Å². The molecule has 208 valence electrons. The number of hydrogen-bond donors (Lipinski definition) is 1. The highest BCUT2D eigenvalue weighted by Gasteiger charge is 2.49. The van der Waals surface area contributed by atoms with Crippen LogP contribution in [0, 0.1) is 13.8 Å². The van der Waals surface area contributed by atoms with Gasteiger partial charge in [-0.1, -0.05) is 23.5 Å². The van der Waals surface area contributed by atoms with E-state index in [1.165, 1.54) is 30.5 Å². The van der Waals surface area contributed by atoms with Gasteiger partial charge >= 0.3 is 5.91 Å². The molecule has 10 nitrogen and oxygen atoms in total. The molecule has 1 saturated heterocycles. The Morgan fingerprint density at radius 2 is 1.73 bits per heavy atom. The molecular weight excluding hydrogens is 544 g/mol. The third-order valence-electron chi connectivity index (χ3n) is 7.27. The highest BCUT2D eigenvalue weighted by atomic mass is 32.1. The Kier molecular flexibility index (Phi) is 6.38. The summed E-state index contributed by atoms with van der Waals surface area (Å²) in [4.78, 5) is 38.1. The third-order valence-corrected chi connectivity index (χ3v) is 8.28. The zero-order chi connectivity index (χ0) is 29.0. The van der Waals surface area contributed by atoms with Crippen LogP contribution in [0.3, 0.4) is 0 Å². The fourth-order valence-corrected chi connectivity index (χ4v) is 6.19. The number of benzene rings is 2. The number of thiazole rings is 1. The summed E-state index contributed by atoms with van der Waals surface area (Å²) in [5.74, 6) is -0.490. The number of carbonyl (C=O) groups is 2. The number of ketones is 1. The number of anilines is 1. The first-order chi connectivity index (χ1) is 19.8. The van der Waals surface area contributed by atoms with Crippen molar-refractivity contribution in [1.29, 1.82) is 0 Å². The summed E-state index contributed by atoms with van der Waals surface area (Å²) in [5, 5.41) is 12.0. The van der Waals surface area contributed by atoms with Crippen LogP contribution in [0.25, 0.3) is 21.6 Å². The van der Waals surface area contributed by atoms with Crippen molar-refractivity contribution in [3.05, 3.63) is 82.8 Å². The van der Waals surface area contributed by atoms with E-state index in [-0.39, 0.29) is 17.0 Å². The normalized spacial score (nSPS) is 16.6. The number of pyridine rings is 1. The summed E-state index contributed by atoms with van der Waals surface area (Å²) >= 11 is 1.25. The van der Waals surface area contributed by atoms with Crippen LogP contribution in [-0.2, 0) is 9.59 Å². The number of aryl methyl sites for hydroxylation is 2. The maximum Gasteiger partial charge on any atom is 0.301 e. The number of imidazole rings is 1. The van der Waals surface area contributed by atoms with E-state index in [0.29, 0.717) is 44.8 Å². The highest BCUT2D eigenvalue weighted by molar-refractivity contribution is 7.22. The predicted molar refractivity (Wildman–Crippen MR) is 155 cm³/mol. The van der Waals surface area contributed by atoms with Gasteiger partial charge in [0.25, 0.3) is 5.78 Å². The second kappa shape index (κ2) is 9.93. The van der Waals surface area contributed by atoms with Crippen molar-refractivity contribution in [3.63, 3.8) is 0 Å². The lowest BCUT2D eigenvalue weighted by Gasteiger charge is -2.23. The van der Waals surface area contributed by atoms with E-state index < -0.39 is 17.7 Å². The minimum atomic E-state index is -1.01. The fraction of sp³-hybridized carbons (Fsp3) is 0.200. The first-order valence-corrected chi connectivity index (χ1v) is 13.5. The van der Waals surface area contributed by atoms with Gasteiger partial charge in [-0.2, -0.15) is 0 Å². The van der Waals surface area contributed by atoms with E-state index in [0.717, 1.165) is 10.3 Å². The Bertz CT molecular complexity index is 1910. The topological polar surface area (TPSA) is 115 Å². The monoisotopic (exact) mass is 570 g/mol. The number of aromatic nitrogens is 3. The number of fused-ring (bicyclic) bond motifs is 2. The number of aliphatic hydroxyl groups is 1. The lowest BCUT2D eigenvalue weighted by Crippen LogP contribution is -2.29. The second-order valence-corrected chi connectivity index (χ2v) is 10.6. The quantitative estimate of drug-likeness (QED) is 0.168. The Morgan fingerprint density at radius 1 is 0.951 bits per heavy atom. The van der Waals surface area contributed by atoms with Gasteiger partial charge in [-0.15, -0.1) is 0 Å². The Balaban J connectivity index is 1.60. The van der Waals surface area contributed by atoms with E-state index in [9.17, 15) is 14.7 Å². The molecule has 0 radical (unpaired) electrons. The van der Waals surface area contributed by atoms with Gasteiger partial charge in [0.1, 0.15) is 17.1 Å². The smallest absolute Gasteiger partial charge is 0.301 e. The number of rotatable bonds is 6. The summed E-state index contributed by atoms with van der Waals surface area (Å²) in [6, 6.07) is 13.3. The molecule has 0 aliphatic carbocycles. The summed E-state index contributed by atoms with van der Waals surface area (Å²) in [7, 11) is 4.59. The Morgan fingerprint density at radius 3 is 2.44 bits per heavy atom. The summed E-state index contributed by atoms with van der Waals surface area (Å²) < 4.78 is 18.9. The van der Waals surface area contributed by atoms with Crippen molar-refractivity contribution in [3.8, 4) is 17.2 Å². The number of aliphatic hydroxyl groups excluding tert-OH is 1. The molecule has 0 bridgehead atoms. The predicted octanol–water partition coefficient (Wildman–Crippen LogP) is 5.21. The minimum Gasteiger partial charge on any atom is -0.505 e. The van der Waals surface area contributed by atoms with Gasteiger partial charge in [-0.05, 0) is 61.4 Å². The fourth-order valence-electron chi connectivity index (χ4n) is 5.16. The molecule has 1 N–H and O–H groups in total. The number of nitrogens with zero attached hydrogens (tertiary/aromatic N) is 4. The van der Waals surface area contributed by atoms with E-state index in [4.69, 9.17) is 14.2 Å². The van der Waals surface area contributed by atoms with Crippen LogP contribution in [0.1, 0.15) is 28.6 Å². The number of carbonyl (C=O) groups excluding carboxylic acids is 2. The molecule has 6 rings (SSSR count). The van der Waals surface area contributed by atoms with E-state index in [1.54, 1.807) is 44.4 Å². The van der Waals surface area contributed by atoms with Gasteiger partial charge in [0.05, 0.1) is 48.9 Å². The molecule has 1 amide bonds. The highest BCUT2D eigenvalue weighted by Crippen LogP contribution is 2.46. The van der Waals surface area contributed by atoms with Crippen molar-refractivity contribution in [2.45, 2.75) is 19.9 Å². The molecule has 0 saturated carbocycles. The van der Waals surface area contributed by atoms with Crippen molar-refractivity contribution >= 4 is 49.8 Å². The lowest BCUT2D eigenvalue weighted by atomic mass is 9.96. The number of ether oxygens (including phenoxy) is 3. The molecule has 11 heteroatoms.